The van der Waals surface area contributed by atoms with Gasteiger partial charge in [0, 0.05) is 58.7 Å². The van der Waals surface area contributed by atoms with E-state index in [1.54, 1.807) is 0 Å². The highest BCUT2D eigenvalue weighted by molar-refractivity contribution is 6.99. The van der Waals surface area contributed by atoms with Gasteiger partial charge in [-0.2, -0.15) is 5.10 Å². The molecule has 0 spiro atoms. The van der Waals surface area contributed by atoms with E-state index in [0.29, 0.717) is 26.7 Å². The van der Waals surface area contributed by atoms with Crippen molar-refractivity contribution in [1.29, 1.82) is 0 Å². The molecular formula is C49H74N4O4Si3. The molecule has 0 amide bonds. The average molecular weight is 867 g/mol. The van der Waals surface area contributed by atoms with Gasteiger partial charge in [0.15, 0.2) is 0 Å². The van der Waals surface area contributed by atoms with Crippen LogP contribution in [-0.4, -0.2) is 69.8 Å². The van der Waals surface area contributed by atoms with Crippen LogP contribution >= 0.6 is 0 Å². The number of aromatic nitrogens is 3. The molecule has 60 heavy (non-hydrogen) atoms. The van der Waals surface area contributed by atoms with Gasteiger partial charge >= 0.3 is 0 Å². The van der Waals surface area contributed by atoms with Crippen molar-refractivity contribution < 1.29 is 19.0 Å². The van der Waals surface area contributed by atoms with Gasteiger partial charge < -0.3 is 23.6 Å². The van der Waals surface area contributed by atoms with E-state index >= 15 is 0 Å². The lowest BCUT2D eigenvalue weighted by Crippen LogP contribution is -2.67. The number of fused-ring (bicyclic) bond motifs is 2. The third-order valence-electron chi connectivity index (χ3n) is 12.2. The number of nitrogens with zero attached hydrogens (tertiary/aromatic N) is 3. The van der Waals surface area contributed by atoms with Gasteiger partial charge in [0.25, 0.3) is 8.32 Å². The Bertz CT molecular complexity index is 2120. The molecule has 5 aromatic rings. The van der Waals surface area contributed by atoms with Gasteiger partial charge in [0.1, 0.15) is 25.4 Å². The summed E-state index contributed by atoms with van der Waals surface area (Å²) in [6, 6.07) is 32.1. The fourth-order valence-electron chi connectivity index (χ4n) is 8.58. The van der Waals surface area contributed by atoms with Crippen molar-refractivity contribution in [3.63, 3.8) is 0 Å². The van der Waals surface area contributed by atoms with Crippen molar-refractivity contribution in [2.75, 3.05) is 19.8 Å². The summed E-state index contributed by atoms with van der Waals surface area (Å²) < 4.78 is 24.5. The highest BCUT2D eigenvalue weighted by Crippen LogP contribution is 2.41. The quantitative estimate of drug-likeness (QED) is 0.0489. The highest BCUT2D eigenvalue weighted by atomic mass is 28.4. The Balaban J connectivity index is 1.30. The fourth-order valence-corrected chi connectivity index (χ4v) is 14.7. The lowest BCUT2D eigenvalue weighted by atomic mass is 9.76. The lowest BCUT2D eigenvalue weighted by molar-refractivity contribution is 0.0747. The predicted octanol–water partition coefficient (Wildman–Crippen LogP) is 10.2. The molecule has 0 aliphatic heterocycles. The largest absolute Gasteiger partial charge is 0.406 e. The summed E-state index contributed by atoms with van der Waals surface area (Å²) in [7, 11) is -5.23. The third kappa shape index (κ3) is 11.1. The molecule has 0 saturated heterocycles. The molecule has 1 aliphatic carbocycles. The summed E-state index contributed by atoms with van der Waals surface area (Å²) in [6.07, 6.45) is 2.17. The first-order valence-electron chi connectivity index (χ1n) is 22.2. The SMILES string of the molecule is CC(CO[Si](c1ccccc1)(c1ccccc1)C(C)(C)C)NC(O)c1ccc2cc(-c3nn(COCC[Si](C)(C)C)c4c3CCC(C)(C)C4)n(COCC[Si](C)(C)C)c2c1. The van der Waals surface area contributed by atoms with Crippen LogP contribution in [0.3, 0.4) is 0 Å². The fraction of sp³-hybridized carbons (Fsp3) is 0.531. The molecule has 326 valence electrons. The van der Waals surface area contributed by atoms with Crippen LogP contribution in [0.1, 0.15) is 71.0 Å². The molecule has 0 saturated carbocycles. The molecular weight excluding hydrogens is 793 g/mol. The highest BCUT2D eigenvalue weighted by Gasteiger charge is 2.50. The van der Waals surface area contributed by atoms with Crippen molar-refractivity contribution in [3.05, 3.63) is 102 Å². The van der Waals surface area contributed by atoms with Crippen LogP contribution in [0.2, 0.25) is 56.4 Å². The zero-order valence-electron chi connectivity index (χ0n) is 38.8. The molecule has 11 heteroatoms. The van der Waals surface area contributed by atoms with E-state index in [4.69, 9.17) is 19.0 Å². The topological polar surface area (TPSA) is 82.7 Å². The second kappa shape index (κ2) is 18.7. The predicted molar refractivity (Wildman–Crippen MR) is 258 cm³/mol. The first-order chi connectivity index (χ1) is 28.2. The van der Waals surface area contributed by atoms with Crippen molar-refractivity contribution in [3.8, 4) is 11.4 Å². The summed E-state index contributed by atoms with van der Waals surface area (Å²) in [6.45, 7) is 30.9. The zero-order valence-corrected chi connectivity index (χ0v) is 41.8. The van der Waals surface area contributed by atoms with Gasteiger partial charge in [0.2, 0.25) is 0 Å². The summed E-state index contributed by atoms with van der Waals surface area (Å²) >= 11 is 0. The Kier molecular flexibility index (Phi) is 14.4. The van der Waals surface area contributed by atoms with E-state index in [1.165, 1.54) is 21.6 Å². The normalized spacial score (nSPS) is 15.9. The van der Waals surface area contributed by atoms with Crippen LogP contribution in [0.15, 0.2) is 84.9 Å². The van der Waals surface area contributed by atoms with Crippen molar-refractivity contribution >= 4 is 45.7 Å². The van der Waals surface area contributed by atoms with Crippen LogP contribution in [0, 0.1) is 5.41 Å². The van der Waals surface area contributed by atoms with E-state index in [1.807, 2.05) is 6.07 Å². The minimum atomic E-state index is -2.73. The Morgan fingerprint density at radius 2 is 1.40 bits per heavy atom. The van der Waals surface area contributed by atoms with Crippen LogP contribution in [0.4, 0.5) is 0 Å². The zero-order chi connectivity index (χ0) is 43.5. The molecule has 2 unspecified atom stereocenters. The molecule has 6 rings (SSSR count). The number of aliphatic hydroxyl groups excluding tert-OH is 1. The number of aliphatic hydroxyl groups is 1. The first-order valence-corrected chi connectivity index (χ1v) is 31.6. The van der Waals surface area contributed by atoms with E-state index in [2.05, 4.69) is 174 Å². The van der Waals surface area contributed by atoms with Crippen LogP contribution < -0.4 is 15.7 Å². The van der Waals surface area contributed by atoms with Crippen molar-refractivity contribution in [1.82, 2.24) is 19.7 Å². The maximum atomic E-state index is 11.8. The molecule has 0 bridgehead atoms. The maximum Gasteiger partial charge on any atom is 0.261 e. The molecule has 2 atom stereocenters. The second-order valence-corrected chi connectivity index (χ2v) is 37.1. The second-order valence-electron chi connectivity index (χ2n) is 21.5. The Morgan fingerprint density at radius 1 is 0.817 bits per heavy atom. The van der Waals surface area contributed by atoms with Crippen LogP contribution in [0.25, 0.3) is 22.3 Å². The molecule has 0 radical (unpaired) electrons. The Hall–Kier alpha value is -3.14. The molecule has 2 heterocycles. The Morgan fingerprint density at radius 3 is 1.97 bits per heavy atom. The van der Waals surface area contributed by atoms with E-state index in [9.17, 15) is 5.11 Å². The van der Waals surface area contributed by atoms with Crippen LogP contribution in [0.5, 0.6) is 0 Å². The Labute approximate surface area is 364 Å². The molecule has 0 fully saturated rings. The number of rotatable bonds is 19. The number of nitrogens with one attached hydrogen (secondary N) is 1. The molecule has 8 nitrogen and oxygen atoms in total. The summed E-state index contributed by atoms with van der Waals surface area (Å²) in [5.74, 6) is 0. The molecule has 1 aliphatic rings. The smallest absolute Gasteiger partial charge is 0.261 e. The van der Waals surface area contributed by atoms with Gasteiger partial charge in [-0.1, -0.05) is 147 Å². The summed E-state index contributed by atoms with van der Waals surface area (Å²) in [5.41, 5.74) is 6.73. The van der Waals surface area contributed by atoms with E-state index < -0.39 is 30.7 Å². The standard InChI is InChI=1S/C49H74N4O4Si3/c1-37(34-57-60(48(2,3)4,40-19-15-13-16-20-40)41-21-17-14-18-22-41)50-47(54)39-24-23-38-31-44(52(43(38)32-39)35-55-27-29-58(7,8)9)46-42-25-26-49(5,6)33-45(42)53(51-46)36-56-28-30-59(10,11)12/h13-24,31-32,37,47,50,54H,25-30,33-36H2,1-12H3. The van der Waals surface area contributed by atoms with Crippen LogP contribution in [-0.2, 0) is 40.2 Å². The van der Waals surface area contributed by atoms with Gasteiger partial charge in [-0.3, -0.25) is 5.32 Å². The van der Waals surface area contributed by atoms with Gasteiger partial charge in [0.05, 0.1) is 11.2 Å². The average Bonchev–Trinajstić information content (AvgIpc) is 3.71. The maximum absolute atomic E-state index is 11.8. The van der Waals surface area contributed by atoms with Gasteiger partial charge in [-0.05, 0) is 76.8 Å². The summed E-state index contributed by atoms with van der Waals surface area (Å²) in [5, 5.41) is 24.1. The van der Waals surface area contributed by atoms with Crippen molar-refractivity contribution in [2.24, 2.45) is 5.41 Å². The van der Waals surface area contributed by atoms with E-state index in [0.717, 1.165) is 65.8 Å². The molecule has 3 aromatic carbocycles. The summed E-state index contributed by atoms with van der Waals surface area (Å²) in [4.78, 5) is 0. The third-order valence-corrected chi connectivity index (χ3v) is 20.6. The molecule has 2 aromatic heterocycles. The first kappa shape index (κ1) is 46.4. The monoisotopic (exact) mass is 867 g/mol. The van der Waals surface area contributed by atoms with Crippen molar-refractivity contribution in [2.45, 2.75) is 143 Å². The number of hydrogen-bond donors (Lipinski definition) is 2. The number of ether oxygens (including phenoxy) is 2. The number of hydrogen-bond acceptors (Lipinski definition) is 6. The van der Waals surface area contributed by atoms with Gasteiger partial charge in [-0.25, -0.2) is 4.68 Å². The molecule has 2 N–H and O–H groups in total. The number of benzene rings is 3. The lowest BCUT2D eigenvalue weighted by Gasteiger charge is -2.43. The minimum absolute atomic E-state index is 0.128. The van der Waals surface area contributed by atoms with E-state index in [-0.39, 0.29) is 16.5 Å². The minimum Gasteiger partial charge on any atom is -0.406 e. The van der Waals surface area contributed by atoms with Gasteiger partial charge in [-0.15, -0.1) is 0 Å².